The molecule has 0 atom stereocenters. The molecule has 1 amide bonds. The maximum Gasteiger partial charge on any atom is 0.239 e. The fraction of sp³-hybridized carbons (Fsp3) is 0.312. The van der Waals surface area contributed by atoms with Gasteiger partial charge >= 0.3 is 0 Å². The van der Waals surface area contributed by atoms with Gasteiger partial charge in [-0.15, -0.1) is 0 Å². The summed E-state index contributed by atoms with van der Waals surface area (Å²) in [6.45, 7) is 3.29. The zero-order valence-corrected chi connectivity index (χ0v) is 14.3. The number of hydrogen-bond acceptors (Lipinski definition) is 5. The van der Waals surface area contributed by atoms with E-state index >= 15 is 0 Å². The molecular weight excluding hydrogens is 329 g/mol. The Labute approximate surface area is 142 Å². The summed E-state index contributed by atoms with van der Waals surface area (Å²) >= 11 is 1.37. The Morgan fingerprint density at radius 1 is 1.46 bits per heavy atom. The van der Waals surface area contributed by atoms with Crippen LogP contribution in [0.2, 0.25) is 0 Å². The molecule has 0 bridgehead atoms. The summed E-state index contributed by atoms with van der Waals surface area (Å²) in [6.07, 6.45) is 3.61. The Morgan fingerprint density at radius 3 is 3.00 bits per heavy atom. The van der Waals surface area contributed by atoms with Crippen molar-refractivity contribution in [2.24, 2.45) is 0 Å². The molecule has 0 saturated heterocycles. The fourth-order valence-corrected chi connectivity index (χ4v) is 3.30. The molecule has 126 valence electrons. The Morgan fingerprint density at radius 2 is 2.29 bits per heavy atom. The molecule has 1 aromatic carbocycles. The van der Waals surface area contributed by atoms with Gasteiger partial charge in [0.05, 0.1) is 11.2 Å². The highest BCUT2D eigenvalue weighted by atomic mass is 32.1. The third-order valence-electron chi connectivity index (χ3n) is 3.66. The van der Waals surface area contributed by atoms with E-state index in [9.17, 15) is 9.18 Å². The van der Waals surface area contributed by atoms with E-state index in [1.165, 1.54) is 17.4 Å². The van der Waals surface area contributed by atoms with Crippen molar-refractivity contribution in [3.8, 4) is 0 Å². The first kappa shape index (κ1) is 16.4. The Bertz CT molecular complexity index is 859. The monoisotopic (exact) mass is 347 g/mol. The molecule has 2 aromatic heterocycles. The topological polar surface area (TPSA) is 63.1 Å². The van der Waals surface area contributed by atoms with Crippen LogP contribution < -0.4 is 10.2 Å². The quantitative estimate of drug-likeness (QED) is 0.742. The minimum Gasteiger partial charge on any atom is -0.353 e. The molecule has 0 radical (unpaired) electrons. The van der Waals surface area contributed by atoms with Gasteiger partial charge in [-0.3, -0.25) is 4.79 Å². The predicted octanol–water partition coefficient (Wildman–Crippen LogP) is 2.19. The number of thiazole rings is 1. The van der Waals surface area contributed by atoms with Crippen LogP contribution in [0, 0.1) is 12.7 Å². The number of anilines is 1. The lowest BCUT2D eigenvalue weighted by molar-refractivity contribution is -0.119. The van der Waals surface area contributed by atoms with Crippen molar-refractivity contribution in [3.63, 3.8) is 0 Å². The molecule has 8 heteroatoms. The molecule has 24 heavy (non-hydrogen) atoms. The maximum atomic E-state index is 13.7. The summed E-state index contributed by atoms with van der Waals surface area (Å²) in [5.41, 5.74) is 0.348. The third-order valence-corrected chi connectivity index (χ3v) is 4.80. The van der Waals surface area contributed by atoms with Crippen LogP contribution in [0.5, 0.6) is 0 Å². The van der Waals surface area contributed by atoms with Crippen LogP contribution in [0.4, 0.5) is 9.52 Å². The summed E-state index contributed by atoms with van der Waals surface area (Å²) in [5.74, 6) is 0.469. The number of benzene rings is 1. The van der Waals surface area contributed by atoms with Gasteiger partial charge in [0.25, 0.3) is 0 Å². The Hall–Kier alpha value is -2.48. The Kier molecular flexibility index (Phi) is 4.75. The van der Waals surface area contributed by atoms with Crippen molar-refractivity contribution >= 4 is 32.6 Å². The first-order valence-corrected chi connectivity index (χ1v) is 8.37. The second-order valence-corrected chi connectivity index (χ2v) is 6.47. The van der Waals surface area contributed by atoms with Gasteiger partial charge in [-0.05, 0) is 19.1 Å². The van der Waals surface area contributed by atoms with Gasteiger partial charge < -0.3 is 14.8 Å². The molecule has 0 fully saturated rings. The molecule has 3 aromatic rings. The van der Waals surface area contributed by atoms with E-state index < -0.39 is 0 Å². The van der Waals surface area contributed by atoms with Gasteiger partial charge in [-0.1, -0.05) is 17.4 Å². The highest BCUT2D eigenvalue weighted by molar-refractivity contribution is 7.22. The molecule has 0 unspecified atom stereocenters. The number of carbonyl (C=O) groups excluding carboxylic acids is 1. The summed E-state index contributed by atoms with van der Waals surface area (Å²) in [7, 11) is 1.77. The molecule has 0 aliphatic carbocycles. The molecular formula is C16H18FN5OS. The van der Waals surface area contributed by atoms with Crippen molar-refractivity contribution in [3.05, 3.63) is 42.2 Å². The van der Waals surface area contributed by atoms with E-state index in [1.807, 2.05) is 23.8 Å². The zero-order chi connectivity index (χ0) is 17.1. The number of hydrogen-bond donors (Lipinski definition) is 1. The van der Waals surface area contributed by atoms with E-state index in [1.54, 1.807) is 24.2 Å². The molecule has 2 heterocycles. The number of aryl methyl sites for hydroxylation is 1. The van der Waals surface area contributed by atoms with Crippen molar-refractivity contribution in [2.45, 2.75) is 13.5 Å². The number of imidazole rings is 1. The molecule has 0 spiro atoms. The molecule has 0 aliphatic rings. The van der Waals surface area contributed by atoms with Gasteiger partial charge in [0, 0.05) is 32.5 Å². The summed E-state index contributed by atoms with van der Waals surface area (Å²) in [4.78, 5) is 22.2. The normalized spacial score (nSPS) is 11.0. The van der Waals surface area contributed by atoms with Crippen LogP contribution in [0.3, 0.4) is 0 Å². The maximum absolute atomic E-state index is 13.7. The van der Waals surface area contributed by atoms with Gasteiger partial charge in [0.2, 0.25) is 5.91 Å². The van der Waals surface area contributed by atoms with E-state index in [4.69, 9.17) is 0 Å². The highest BCUT2D eigenvalue weighted by Crippen LogP contribution is 2.29. The molecule has 6 nitrogen and oxygen atoms in total. The van der Waals surface area contributed by atoms with Crippen LogP contribution >= 0.6 is 11.3 Å². The van der Waals surface area contributed by atoms with Gasteiger partial charge in [-0.2, -0.15) is 0 Å². The summed E-state index contributed by atoms with van der Waals surface area (Å²) in [5, 5.41) is 3.49. The third kappa shape index (κ3) is 3.53. The smallest absolute Gasteiger partial charge is 0.239 e. The number of fused-ring (bicyclic) bond motifs is 1. The average molecular weight is 347 g/mol. The van der Waals surface area contributed by atoms with Crippen LogP contribution in [-0.2, 0) is 11.3 Å². The predicted molar refractivity (Wildman–Crippen MR) is 92.8 cm³/mol. The minimum atomic E-state index is -0.344. The lowest BCUT2D eigenvalue weighted by atomic mass is 10.3. The van der Waals surface area contributed by atoms with Crippen molar-refractivity contribution < 1.29 is 9.18 Å². The molecule has 1 N–H and O–H groups in total. The zero-order valence-electron chi connectivity index (χ0n) is 13.5. The number of halogens is 1. The van der Waals surface area contributed by atoms with E-state index in [2.05, 4.69) is 15.3 Å². The minimum absolute atomic E-state index is 0.102. The van der Waals surface area contributed by atoms with Crippen LogP contribution in [0.25, 0.3) is 10.2 Å². The van der Waals surface area contributed by atoms with Gasteiger partial charge in [0.1, 0.15) is 17.2 Å². The van der Waals surface area contributed by atoms with E-state index in [0.717, 1.165) is 10.5 Å². The second-order valence-electron chi connectivity index (χ2n) is 5.46. The largest absolute Gasteiger partial charge is 0.353 e. The number of carbonyl (C=O) groups is 1. The van der Waals surface area contributed by atoms with Gasteiger partial charge in [0.15, 0.2) is 5.13 Å². The standard InChI is InChI=1S/C16H18FN5OS/c1-11-18-6-8-22(11)9-7-19-14(23)10-21(2)16-20-15-12(17)4-3-5-13(15)24-16/h3-6,8H,7,9-10H2,1-2H3,(H,19,23). The van der Waals surface area contributed by atoms with Crippen molar-refractivity contribution in [1.29, 1.82) is 0 Å². The SMILES string of the molecule is Cc1nccn1CCNC(=O)CN(C)c1nc2c(F)cccc2s1. The average Bonchev–Trinajstić information content (AvgIpc) is 3.15. The number of para-hydroxylation sites is 1. The van der Waals surface area contributed by atoms with Crippen LogP contribution in [0.15, 0.2) is 30.6 Å². The summed E-state index contributed by atoms with van der Waals surface area (Å²) in [6, 6.07) is 4.86. The van der Waals surface area contributed by atoms with Crippen molar-refractivity contribution in [2.75, 3.05) is 25.0 Å². The second kappa shape index (κ2) is 6.96. The fourth-order valence-electron chi connectivity index (χ4n) is 2.36. The van der Waals surface area contributed by atoms with Crippen molar-refractivity contribution in [1.82, 2.24) is 19.9 Å². The first-order chi connectivity index (χ1) is 11.5. The van der Waals surface area contributed by atoms with Crippen LogP contribution in [0.1, 0.15) is 5.82 Å². The lowest BCUT2D eigenvalue weighted by Gasteiger charge is -2.15. The number of likely N-dealkylation sites (N-methyl/N-ethyl adjacent to an activating group) is 1. The molecule has 0 aliphatic heterocycles. The van der Waals surface area contributed by atoms with Gasteiger partial charge in [-0.25, -0.2) is 14.4 Å². The number of aromatic nitrogens is 3. The molecule has 0 saturated carbocycles. The number of amides is 1. The highest BCUT2D eigenvalue weighted by Gasteiger charge is 2.13. The van der Waals surface area contributed by atoms with Crippen LogP contribution in [-0.4, -0.2) is 40.6 Å². The van der Waals surface area contributed by atoms with E-state index in [-0.39, 0.29) is 18.3 Å². The number of rotatable bonds is 6. The Balaban J connectivity index is 1.55. The first-order valence-electron chi connectivity index (χ1n) is 7.55. The number of nitrogens with zero attached hydrogens (tertiary/aromatic N) is 4. The lowest BCUT2D eigenvalue weighted by Crippen LogP contribution is -2.36. The van der Waals surface area contributed by atoms with E-state index in [0.29, 0.717) is 23.7 Å². The molecule has 3 rings (SSSR count). The number of nitrogens with one attached hydrogen (secondary N) is 1. The summed E-state index contributed by atoms with van der Waals surface area (Å²) < 4.78 is 16.4.